The predicted molar refractivity (Wildman–Crippen MR) is 145 cm³/mol. The van der Waals surface area contributed by atoms with Crippen LogP contribution in [0.15, 0.2) is 83.8 Å². The van der Waals surface area contributed by atoms with Crippen molar-refractivity contribution in [2.75, 3.05) is 33.2 Å². The molecule has 35 heavy (non-hydrogen) atoms. The molecular weight excluding hydrogens is 499 g/mol. The van der Waals surface area contributed by atoms with E-state index in [9.17, 15) is 8.42 Å². The van der Waals surface area contributed by atoms with Gasteiger partial charge in [0.2, 0.25) is 10.0 Å². The summed E-state index contributed by atoms with van der Waals surface area (Å²) in [5.41, 5.74) is 2.39. The lowest BCUT2D eigenvalue weighted by atomic mass is 9.89. The van der Waals surface area contributed by atoms with Crippen LogP contribution in [0, 0.1) is 0 Å². The Hall–Kier alpha value is -1.89. The molecule has 1 aliphatic rings. The number of benzene rings is 3. The number of likely N-dealkylation sites (N-methyl/N-ethyl adjacent to an activating group) is 1. The highest BCUT2D eigenvalue weighted by Crippen LogP contribution is 2.31. The molecule has 0 amide bonds. The van der Waals surface area contributed by atoms with Crippen LogP contribution in [0.4, 0.5) is 0 Å². The minimum absolute atomic E-state index is 0.0264. The minimum atomic E-state index is -3.59. The van der Waals surface area contributed by atoms with Crippen molar-refractivity contribution in [2.45, 2.75) is 36.0 Å². The molecular formula is C28H32Cl2N2O2S. The van der Waals surface area contributed by atoms with E-state index in [-0.39, 0.29) is 5.92 Å². The zero-order chi connectivity index (χ0) is 24.8. The SMILES string of the molecule is CN(C[C@H](CCN1CCC(c2ccccc2)CC1)c1cc(Cl)cc(Cl)c1)S(=O)(=O)c1ccccc1. The van der Waals surface area contributed by atoms with E-state index in [1.54, 1.807) is 37.4 Å². The number of rotatable bonds is 9. The molecule has 4 rings (SSSR count). The summed E-state index contributed by atoms with van der Waals surface area (Å²) in [5.74, 6) is 0.582. The van der Waals surface area contributed by atoms with Crippen LogP contribution in [0.2, 0.25) is 10.0 Å². The van der Waals surface area contributed by atoms with Crippen molar-refractivity contribution in [3.05, 3.63) is 100 Å². The van der Waals surface area contributed by atoms with Crippen LogP contribution in [-0.2, 0) is 10.0 Å². The largest absolute Gasteiger partial charge is 0.303 e. The third kappa shape index (κ3) is 6.87. The van der Waals surface area contributed by atoms with E-state index in [0.29, 0.717) is 27.4 Å². The molecule has 0 unspecified atom stereocenters. The molecule has 1 atom stereocenters. The Morgan fingerprint density at radius 1 is 0.914 bits per heavy atom. The zero-order valence-corrected chi connectivity index (χ0v) is 22.3. The van der Waals surface area contributed by atoms with E-state index in [1.807, 2.05) is 18.2 Å². The predicted octanol–water partition coefficient (Wildman–Crippen LogP) is 6.67. The first-order valence-electron chi connectivity index (χ1n) is 12.1. The van der Waals surface area contributed by atoms with E-state index in [1.165, 1.54) is 9.87 Å². The fraction of sp³-hybridized carbons (Fsp3) is 0.357. The second kappa shape index (κ2) is 11.9. The molecule has 1 fully saturated rings. The first-order valence-corrected chi connectivity index (χ1v) is 14.3. The van der Waals surface area contributed by atoms with Crippen LogP contribution in [0.5, 0.6) is 0 Å². The molecule has 0 radical (unpaired) electrons. The van der Waals surface area contributed by atoms with Crippen molar-refractivity contribution in [1.82, 2.24) is 9.21 Å². The number of piperidine rings is 1. The van der Waals surface area contributed by atoms with E-state index < -0.39 is 10.0 Å². The van der Waals surface area contributed by atoms with Crippen molar-refractivity contribution in [3.63, 3.8) is 0 Å². The molecule has 0 aliphatic carbocycles. The Kier molecular flexibility index (Phi) is 8.90. The summed E-state index contributed by atoms with van der Waals surface area (Å²) in [6.07, 6.45) is 3.10. The van der Waals surface area contributed by atoms with Gasteiger partial charge in [-0.05, 0) is 92.2 Å². The third-order valence-electron chi connectivity index (χ3n) is 6.94. The van der Waals surface area contributed by atoms with E-state index >= 15 is 0 Å². The number of sulfonamides is 1. The molecule has 3 aromatic rings. The van der Waals surface area contributed by atoms with Gasteiger partial charge in [-0.2, -0.15) is 0 Å². The molecule has 0 aromatic heterocycles. The standard InChI is InChI=1S/C28H32Cl2N2O2S/c1-31(35(33,34)28-10-6-3-7-11-28)21-24(25-18-26(29)20-27(30)19-25)14-17-32-15-12-23(13-16-32)22-8-4-2-5-9-22/h2-11,18-20,23-24H,12-17,21H2,1H3/t24-/m0/s1. The van der Waals surface area contributed by atoms with Gasteiger partial charge in [-0.25, -0.2) is 12.7 Å². The van der Waals surface area contributed by atoms with Gasteiger partial charge in [0.1, 0.15) is 0 Å². The number of halogens is 2. The summed E-state index contributed by atoms with van der Waals surface area (Å²) < 4.78 is 27.8. The normalized spacial score (nSPS) is 16.5. The van der Waals surface area contributed by atoms with Crippen LogP contribution in [0.3, 0.4) is 0 Å². The maximum atomic E-state index is 13.2. The molecule has 7 heteroatoms. The molecule has 0 saturated carbocycles. The Morgan fingerprint density at radius 3 is 2.09 bits per heavy atom. The fourth-order valence-corrected chi connectivity index (χ4v) is 6.69. The first kappa shape index (κ1) is 26.2. The minimum Gasteiger partial charge on any atom is -0.303 e. The molecule has 186 valence electrons. The average molecular weight is 532 g/mol. The maximum absolute atomic E-state index is 13.2. The monoisotopic (exact) mass is 530 g/mol. The zero-order valence-electron chi connectivity index (χ0n) is 20.0. The summed E-state index contributed by atoms with van der Waals surface area (Å²) >= 11 is 12.6. The van der Waals surface area contributed by atoms with Gasteiger partial charge in [-0.1, -0.05) is 71.7 Å². The van der Waals surface area contributed by atoms with Crippen molar-refractivity contribution >= 4 is 33.2 Å². The molecule has 4 nitrogen and oxygen atoms in total. The lowest BCUT2D eigenvalue weighted by molar-refractivity contribution is 0.203. The number of hydrogen-bond donors (Lipinski definition) is 0. The van der Waals surface area contributed by atoms with E-state index in [4.69, 9.17) is 23.2 Å². The van der Waals surface area contributed by atoms with Crippen LogP contribution < -0.4 is 0 Å². The van der Waals surface area contributed by atoms with Crippen molar-refractivity contribution in [2.24, 2.45) is 0 Å². The first-order chi connectivity index (χ1) is 16.8. The molecule has 0 spiro atoms. The Bertz CT molecular complexity index is 1180. The lowest BCUT2D eigenvalue weighted by Gasteiger charge is -2.33. The van der Waals surface area contributed by atoms with Crippen molar-refractivity contribution in [1.29, 1.82) is 0 Å². The molecule has 1 heterocycles. The highest BCUT2D eigenvalue weighted by atomic mass is 35.5. The van der Waals surface area contributed by atoms with Crippen LogP contribution in [-0.4, -0.2) is 50.8 Å². The summed E-state index contributed by atoms with van der Waals surface area (Å²) in [7, 11) is -1.94. The van der Waals surface area contributed by atoms with E-state index in [0.717, 1.165) is 44.5 Å². The Labute approximate surface area is 219 Å². The quantitative estimate of drug-likeness (QED) is 0.310. The van der Waals surface area contributed by atoms with Crippen molar-refractivity contribution < 1.29 is 8.42 Å². The van der Waals surface area contributed by atoms with Gasteiger partial charge in [0.15, 0.2) is 0 Å². The molecule has 0 N–H and O–H groups in total. The summed E-state index contributed by atoms with van der Waals surface area (Å²) in [5, 5.41) is 1.13. The van der Waals surface area contributed by atoms with Gasteiger partial charge in [0.05, 0.1) is 4.90 Å². The van der Waals surface area contributed by atoms with Crippen LogP contribution in [0.25, 0.3) is 0 Å². The highest BCUT2D eigenvalue weighted by molar-refractivity contribution is 7.89. The fourth-order valence-electron chi connectivity index (χ4n) is 4.91. The van der Waals surface area contributed by atoms with Gasteiger partial charge in [0, 0.05) is 23.6 Å². The number of likely N-dealkylation sites (tertiary alicyclic amines) is 1. The van der Waals surface area contributed by atoms with Gasteiger partial charge >= 0.3 is 0 Å². The molecule has 1 aliphatic heterocycles. The second-order valence-corrected chi connectivity index (χ2v) is 12.2. The lowest BCUT2D eigenvalue weighted by Crippen LogP contribution is -2.36. The molecule has 1 saturated heterocycles. The van der Waals surface area contributed by atoms with E-state index in [2.05, 4.69) is 35.2 Å². The molecule has 0 bridgehead atoms. The molecule has 3 aromatic carbocycles. The Morgan fingerprint density at radius 2 is 1.49 bits per heavy atom. The number of hydrogen-bond acceptors (Lipinski definition) is 3. The van der Waals surface area contributed by atoms with Gasteiger partial charge < -0.3 is 4.90 Å². The summed E-state index contributed by atoms with van der Waals surface area (Å²) in [4.78, 5) is 2.79. The van der Waals surface area contributed by atoms with Crippen molar-refractivity contribution in [3.8, 4) is 0 Å². The second-order valence-electron chi connectivity index (χ2n) is 9.31. The maximum Gasteiger partial charge on any atom is 0.242 e. The smallest absolute Gasteiger partial charge is 0.242 e. The summed E-state index contributed by atoms with van der Waals surface area (Å²) in [6, 6.07) is 24.8. The van der Waals surface area contributed by atoms with Gasteiger partial charge in [-0.3, -0.25) is 0 Å². The van der Waals surface area contributed by atoms with Gasteiger partial charge in [0.25, 0.3) is 0 Å². The van der Waals surface area contributed by atoms with Crippen LogP contribution in [0.1, 0.15) is 42.2 Å². The van der Waals surface area contributed by atoms with Gasteiger partial charge in [-0.15, -0.1) is 0 Å². The highest BCUT2D eigenvalue weighted by Gasteiger charge is 2.26. The topological polar surface area (TPSA) is 40.6 Å². The number of nitrogens with zero attached hydrogens (tertiary/aromatic N) is 2. The Balaban J connectivity index is 1.45. The third-order valence-corrected chi connectivity index (χ3v) is 9.21. The average Bonchev–Trinajstić information content (AvgIpc) is 2.87. The summed E-state index contributed by atoms with van der Waals surface area (Å²) in [6.45, 7) is 3.34. The van der Waals surface area contributed by atoms with Crippen LogP contribution >= 0.6 is 23.2 Å².